The van der Waals surface area contributed by atoms with E-state index in [2.05, 4.69) is 17.6 Å². The van der Waals surface area contributed by atoms with Gasteiger partial charge < -0.3 is 15.4 Å². The van der Waals surface area contributed by atoms with E-state index in [9.17, 15) is 24.5 Å². The van der Waals surface area contributed by atoms with Crippen LogP contribution >= 0.6 is 11.6 Å². The fourth-order valence-electron chi connectivity index (χ4n) is 6.39. The van der Waals surface area contributed by atoms with Crippen LogP contribution in [0.3, 0.4) is 0 Å². The summed E-state index contributed by atoms with van der Waals surface area (Å²) in [7, 11) is 0. The van der Waals surface area contributed by atoms with Gasteiger partial charge in [-0.25, -0.2) is 0 Å². The summed E-state index contributed by atoms with van der Waals surface area (Å²) in [6.07, 6.45) is 7.46. The van der Waals surface area contributed by atoms with E-state index in [0.29, 0.717) is 0 Å². The number of esters is 1. The van der Waals surface area contributed by atoms with Gasteiger partial charge in [-0.1, -0.05) is 11.6 Å². The second-order valence-corrected chi connectivity index (χ2v) is 10.2. The third kappa shape index (κ3) is 5.13. The van der Waals surface area contributed by atoms with Gasteiger partial charge in [-0.2, -0.15) is 0 Å². The molecule has 4 aliphatic carbocycles. The molecule has 0 saturated heterocycles. The highest BCUT2D eigenvalue weighted by molar-refractivity contribution is 6.32. The summed E-state index contributed by atoms with van der Waals surface area (Å²) in [4.78, 5) is 46.8. The van der Waals surface area contributed by atoms with Crippen molar-refractivity contribution in [1.82, 2.24) is 10.6 Å². The fraction of sp³-hybridized carbons (Fsp3) is 0.609. The van der Waals surface area contributed by atoms with Crippen LogP contribution in [0.4, 0.5) is 5.69 Å². The van der Waals surface area contributed by atoms with Gasteiger partial charge in [-0.15, -0.1) is 0 Å². The summed E-state index contributed by atoms with van der Waals surface area (Å²) in [6.45, 7) is 1.17. The average molecular weight is 478 g/mol. The Morgan fingerprint density at radius 2 is 1.79 bits per heavy atom. The van der Waals surface area contributed by atoms with Crippen molar-refractivity contribution in [2.75, 3.05) is 13.2 Å². The van der Waals surface area contributed by atoms with Crippen LogP contribution in [-0.4, -0.2) is 41.9 Å². The molecule has 2 amide bonds. The zero-order chi connectivity index (χ0) is 23.8. The van der Waals surface area contributed by atoms with Crippen molar-refractivity contribution in [3.8, 4) is 0 Å². The van der Waals surface area contributed by atoms with Gasteiger partial charge in [0, 0.05) is 17.7 Å². The van der Waals surface area contributed by atoms with Gasteiger partial charge in [0.15, 0.2) is 6.61 Å². The Balaban J connectivity index is 1.21. The number of nitro benzene ring substituents is 1. The molecule has 178 valence electrons. The van der Waals surface area contributed by atoms with E-state index in [1.807, 2.05) is 0 Å². The molecule has 1 aromatic rings. The highest BCUT2D eigenvalue weighted by Crippen LogP contribution is 2.61. The Hall–Kier alpha value is -2.68. The quantitative estimate of drug-likeness (QED) is 0.336. The van der Waals surface area contributed by atoms with Gasteiger partial charge in [-0.05, 0) is 80.8 Å². The molecule has 5 rings (SSSR count). The SMILES string of the molecule is C[C@@H](NC(=O)COC(=O)CNC(=O)c1ccc(Cl)c([N+](=O)[O-])c1)C12CC3CC(CC(C3)C1)C2. The van der Waals surface area contributed by atoms with E-state index >= 15 is 0 Å². The number of halogens is 1. The number of carbonyl (C=O) groups is 3. The van der Waals surface area contributed by atoms with Crippen molar-refractivity contribution in [3.63, 3.8) is 0 Å². The molecular formula is C23H28ClN3O6. The molecule has 33 heavy (non-hydrogen) atoms. The van der Waals surface area contributed by atoms with Crippen LogP contribution < -0.4 is 10.6 Å². The van der Waals surface area contributed by atoms with E-state index < -0.39 is 35.6 Å². The molecule has 0 spiro atoms. The molecule has 1 atom stereocenters. The number of amides is 2. The van der Waals surface area contributed by atoms with E-state index in [-0.39, 0.29) is 28.0 Å². The zero-order valence-electron chi connectivity index (χ0n) is 18.5. The number of ether oxygens (including phenoxy) is 1. The lowest BCUT2D eigenvalue weighted by Gasteiger charge is -2.59. The van der Waals surface area contributed by atoms with Gasteiger partial charge in [0.2, 0.25) is 0 Å². The topological polar surface area (TPSA) is 128 Å². The van der Waals surface area contributed by atoms with Crippen molar-refractivity contribution in [1.29, 1.82) is 0 Å². The molecule has 2 N–H and O–H groups in total. The fourth-order valence-corrected chi connectivity index (χ4v) is 6.58. The first-order chi connectivity index (χ1) is 15.6. The number of hydrogen-bond donors (Lipinski definition) is 2. The molecular weight excluding hydrogens is 450 g/mol. The second-order valence-electron chi connectivity index (χ2n) is 9.84. The van der Waals surface area contributed by atoms with Gasteiger partial charge in [0.25, 0.3) is 17.5 Å². The molecule has 0 aromatic heterocycles. The summed E-state index contributed by atoms with van der Waals surface area (Å²) in [6, 6.07) is 3.61. The molecule has 4 fully saturated rings. The third-order valence-corrected chi connectivity index (χ3v) is 7.86. The highest BCUT2D eigenvalue weighted by atomic mass is 35.5. The van der Waals surface area contributed by atoms with Crippen LogP contribution in [0.1, 0.15) is 55.8 Å². The van der Waals surface area contributed by atoms with Crippen molar-refractivity contribution < 1.29 is 24.0 Å². The summed E-state index contributed by atoms with van der Waals surface area (Å²) < 4.78 is 5.00. The number of nitrogens with zero attached hydrogens (tertiary/aromatic N) is 1. The van der Waals surface area contributed by atoms with Gasteiger partial charge in [0.1, 0.15) is 11.6 Å². The van der Waals surface area contributed by atoms with Gasteiger partial charge in [0.05, 0.1) is 4.92 Å². The molecule has 9 nitrogen and oxygen atoms in total. The van der Waals surface area contributed by atoms with Gasteiger partial charge in [-0.3, -0.25) is 24.5 Å². The number of nitrogens with one attached hydrogen (secondary N) is 2. The molecule has 10 heteroatoms. The minimum absolute atomic E-state index is 0.0129. The Morgan fingerprint density at radius 1 is 1.18 bits per heavy atom. The van der Waals surface area contributed by atoms with Crippen LogP contribution in [0.2, 0.25) is 5.02 Å². The number of carbonyl (C=O) groups excluding carboxylic acids is 3. The Kier molecular flexibility index (Phi) is 6.61. The van der Waals surface area contributed by atoms with Crippen molar-refractivity contribution >= 4 is 35.1 Å². The number of benzene rings is 1. The van der Waals surface area contributed by atoms with Gasteiger partial charge >= 0.3 is 5.97 Å². The maximum atomic E-state index is 12.4. The smallest absolute Gasteiger partial charge is 0.325 e. The predicted molar refractivity (Wildman–Crippen MR) is 120 cm³/mol. The summed E-state index contributed by atoms with van der Waals surface area (Å²) in [5, 5.41) is 16.2. The summed E-state index contributed by atoms with van der Waals surface area (Å²) in [5.74, 6) is 0.514. The molecule has 4 saturated carbocycles. The minimum Gasteiger partial charge on any atom is -0.454 e. The molecule has 0 unspecified atom stereocenters. The molecule has 1 aromatic carbocycles. The maximum absolute atomic E-state index is 12.4. The number of rotatable bonds is 8. The predicted octanol–water partition coefficient (Wildman–Crippen LogP) is 3.24. The lowest BCUT2D eigenvalue weighted by Crippen LogP contribution is -2.56. The molecule has 0 aliphatic heterocycles. The lowest BCUT2D eigenvalue weighted by molar-refractivity contribution is -0.384. The minimum atomic E-state index is -0.774. The first-order valence-electron chi connectivity index (χ1n) is 11.3. The number of hydrogen-bond acceptors (Lipinski definition) is 6. The van der Waals surface area contributed by atoms with Crippen LogP contribution in [0, 0.1) is 33.3 Å². The number of nitro groups is 1. The molecule has 0 heterocycles. The first-order valence-corrected chi connectivity index (χ1v) is 11.7. The average Bonchev–Trinajstić information content (AvgIpc) is 2.75. The summed E-state index contributed by atoms with van der Waals surface area (Å²) >= 11 is 5.73. The Bertz CT molecular complexity index is 946. The van der Waals surface area contributed by atoms with E-state index in [4.69, 9.17) is 16.3 Å². The lowest BCUT2D eigenvalue weighted by atomic mass is 9.48. The third-order valence-electron chi connectivity index (χ3n) is 7.54. The van der Waals surface area contributed by atoms with E-state index in [0.717, 1.165) is 43.1 Å². The van der Waals surface area contributed by atoms with Crippen LogP contribution in [0.5, 0.6) is 0 Å². The molecule has 4 aliphatic rings. The molecule has 4 bridgehead atoms. The highest BCUT2D eigenvalue weighted by Gasteiger charge is 2.53. The van der Waals surface area contributed by atoms with Crippen molar-refractivity contribution in [3.05, 3.63) is 38.9 Å². The zero-order valence-corrected chi connectivity index (χ0v) is 19.2. The largest absolute Gasteiger partial charge is 0.454 e. The van der Waals surface area contributed by atoms with Crippen LogP contribution in [0.15, 0.2) is 18.2 Å². The monoisotopic (exact) mass is 477 g/mol. The van der Waals surface area contributed by atoms with E-state index in [1.54, 1.807) is 0 Å². The van der Waals surface area contributed by atoms with Crippen LogP contribution in [0.25, 0.3) is 0 Å². The second kappa shape index (κ2) is 9.29. The Morgan fingerprint density at radius 3 is 2.36 bits per heavy atom. The standard InChI is InChI=1S/C23H28ClN3O6/c1-13(23-8-14-4-15(9-23)6-16(5-14)10-23)26-20(28)12-33-21(29)11-25-22(30)17-2-3-18(24)19(7-17)27(31)32/h2-3,7,13-16H,4-6,8-12H2,1H3,(H,25,30)(H,26,28)/t13-,14?,15?,16?,23?/m1/s1. The normalized spacial score (nSPS) is 28.1. The van der Waals surface area contributed by atoms with Crippen LogP contribution in [-0.2, 0) is 14.3 Å². The van der Waals surface area contributed by atoms with E-state index in [1.165, 1.54) is 31.4 Å². The van der Waals surface area contributed by atoms with Crippen molar-refractivity contribution in [2.45, 2.75) is 51.5 Å². The Labute approximate surface area is 196 Å². The maximum Gasteiger partial charge on any atom is 0.325 e. The molecule has 0 radical (unpaired) electrons. The van der Waals surface area contributed by atoms with Crippen molar-refractivity contribution in [2.24, 2.45) is 23.2 Å². The first kappa shape index (κ1) is 23.5. The summed E-state index contributed by atoms with van der Waals surface area (Å²) in [5.41, 5.74) is -0.262.